The van der Waals surface area contributed by atoms with Crippen LogP contribution in [-0.2, 0) is 14.8 Å². The molecule has 1 aliphatic heterocycles. The van der Waals surface area contributed by atoms with Crippen LogP contribution < -0.4 is 4.72 Å². The molecule has 0 aliphatic carbocycles. The highest BCUT2D eigenvalue weighted by molar-refractivity contribution is 7.89. The molecule has 0 aromatic rings. The van der Waals surface area contributed by atoms with Gasteiger partial charge in [0.2, 0.25) is 15.9 Å². The van der Waals surface area contributed by atoms with Gasteiger partial charge >= 0.3 is 0 Å². The van der Waals surface area contributed by atoms with Crippen molar-refractivity contribution in [2.75, 3.05) is 31.3 Å². The van der Waals surface area contributed by atoms with Gasteiger partial charge in [0.1, 0.15) is 0 Å². The summed E-state index contributed by atoms with van der Waals surface area (Å²) < 4.78 is 24.8. The number of alkyl halides is 1. The molecule has 16 heavy (non-hydrogen) atoms. The van der Waals surface area contributed by atoms with Crippen molar-refractivity contribution in [3.8, 4) is 0 Å². The van der Waals surface area contributed by atoms with Gasteiger partial charge in [0.15, 0.2) is 0 Å². The Kier molecular flexibility index (Phi) is 5.51. The molecule has 0 spiro atoms. The van der Waals surface area contributed by atoms with E-state index in [9.17, 15) is 13.2 Å². The van der Waals surface area contributed by atoms with Gasteiger partial charge in [-0.25, -0.2) is 13.1 Å². The first-order valence-corrected chi connectivity index (χ1v) is 7.55. The molecule has 1 aliphatic rings. The molecule has 0 aromatic carbocycles. The Labute approximate surface area is 101 Å². The van der Waals surface area contributed by atoms with Crippen LogP contribution in [0.25, 0.3) is 0 Å². The number of hydrogen-bond donors (Lipinski definition) is 1. The summed E-state index contributed by atoms with van der Waals surface area (Å²) in [6.07, 6.45) is 2.31. The van der Waals surface area contributed by atoms with Gasteiger partial charge in [-0.2, -0.15) is 0 Å². The van der Waals surface area contributed by atoms with E-state index in [1.54, 1.807) is 4.90 Å². The predicted octanol–water partition coefficient (Wildman–Crippen LogP) is 0.157. The van der Waals surface area contributed by atoms with Crippen molar-refractivity contribution in [1.29, 1.82) is 0 Å². The molecule has 1 N–H and O–H groups in total. The molecule has 7 heteroatoms. The van der Waals surface area contributed by atoms with Crippen LogP contribution in [0.5, 0.6) is 0 Å². The fourth-order valence-corrected chi connectivity index (χ4v) is 2.98. The minimum Gasteiger partial charge on any atom is -0.343 e. The van der Waals surface area contributed by atoms with Crippen molar-refractivity contribution < 1.29 is 13.2 Å². The normalized spacial score (nSPS) is 16.7. The van der Waals surface area contributed by atoms with Crippen molar-refractivity contribution in [2.24, 2.45) is 0 Å². The number of likely N-dealkylation sites (tertiary alicyclic amines) is 1. The lowest BCUT2D eigenvalue weighted by Gasteiger charge is -2.15. The molecule has 0 saturated carbocycles. The van der Waals surface area contributed by atoms with Crippen LogP contribution in [0.1, 0.15) is 19.3 Å². The number of nitrogens with zero attached hydrogens (tertiary/aromatic N) is 1. The molecular weight excluding hydrogens is 252 g/mol. The van der Waals surface area contributed by atoms with Gasteiger partial charge < -0.3 is 4.90 Å². The van der Waals surface area contributed by atoms with Crippen LogP contribution in [0.4, 0.5) is 0 Å². The van der Waals surface area contributed by atoms with Gasteiger partial charge in [-0.3, -0.25) is 4.79 Å². The quantitative estimate of drug-likeness (QED) is 0.698. The van der Waals surface area contributed by atoms with Crippen LogP contribution in [0.15, 0.2) is 0 Å². The van der Waals surface area contributed by atoms with Gasteiger partial charge in [-0.15, -0.1) is 11.6 Å². The Hall–Kier alpha value is -0.330. The van der Waals surface area contributed by atoms with E-state index in [0.717, 1.165) is 25.9 Å². The number of nitrogens with one attached hydrogen (secondary N) is 1. The van der Waals surface area contributed by atoms with E-state index >= 15 is 0 Å². The van der Waals surface area contributed by atoms with E-state index in [4.69, 9.17) is 11.6 Å². The summed E-state index contributed by atoms with van der Waals surface area (Å²) in [5.74, 6) is -0.0203. The topological polar surface area (TPSA) is 66.5 Å². The lowest BCUT2D eigenvalue weighted by atomic mass is 10.4. The zero-order valence-electron chi connectivity index (χ0n) is 9.12. The van der Waals surface area contributed by atoms with Crippen molar-refractivity contribution >= 4 is 27.5 Å². The van der Waals surface area contributed by atoms with E-state index in [1.165, 1.54) is 0 Å². The van der Waals surface area contributed by atoms with Crippen LogP contribution in [-0.4, -0.2) is 50.5 Å². The number of carbonyl (C=O) groups is 1. The number of hydrogen-bond acceptors (Lipinski definition) is 3. The van der Waals surface area contributed by atoms with E-state index in [2.05, 4.69) is 4.72 Å². The molecule has 1 saturated heterocycles. The van der Waals surface area contributed by atoms with Crippen LogP contribution in [0.3, 0.4) is 0 Å². The highest BCUT2D eigenvalue weighted by Gasteiger charge is 2.18. The summed E-state index contributed by atoms with van der Waals surface area (Å²) in [5, 5.41) is 0. The van der Waals surface area contributed by atoms with E-state index < -0.39 is 10.0 Å². The Bertz CT molecular complexity index is 326. The molecule has 0 atom stereocenters. The molecule has 1 heterocycles. The molecule has 1 fully saturated rings. The third-order valence-electron chi connectivity index (χ3n) is 2.47. The fourth-order valence-electron chi connectivity index (χ4n) is 1.61. The van der Waals surface area contributed by atoms with E-state index in [0.29, 0.717) is 0 Å². The standard InChI is InChI=1S/C9H17ClN2O3S/c10-4-8-16(14,15)11-5-3-9(13)12-6-1-2-7-12/h11H,1-8H2. The van der Waals surface area contributed by atoms with Gasteiger partial charge in [-0.05, 0) is 12.8 Å². The van der Waals surface area contributed by atoms with Crippen LogP contribution >= 0.6 is 11.6 Å². The minimum absolute atomic E-state index is 0.0195. The van der Waals surface area contributed by atoms with Crippen molar-refractivity contribution in [3.05, 3.63) is 0 Å². The van der Waals surface area contributed by atoms with Crippen LogP contribution in [0.2, 0.25) is 0 Å². The monoisotopic (exact) mass is 268 g/mol. The zero-order chi connectivity index (χ0) is 12.0. The molecular formula is C9H17ClN2O3S. The Balaban J connectivity index is 2.22. The average Bonchev–Trinajstić information content (AvgIpc) is 2.69. The first-order valence-electron chi connectivity index (χ1n) is 5.36. The highest BCUT2D eigenvalue weighted by atomic mass is 35.5. The second-order valence-electron chi connectivity index (χ2n) is 3.74. The second-order valence-corrected chi connectivity index (χ2v) is 6.04. The molecule has 0 unspecified atom stereocenters. The third kappa shape index (κ3) is 4.67. The maximum atomic E-state index is 11.6. The molecule has 94 valence electrons. The lowest BCUT2D eigenvalue weighted by molar-refractivity contribution is -0.129. The van der Waals surface area contributed by atoms with Crippen molar-refractivity contribution in [3.63, 3.8) is 0 Å². The largest absolute Gasteiger partial charge is 0.343 e. The van der Waals surface area contributed by atoms with E-state index in [-0.39, 0.29) is 30.5 Å². The zero-order valence-corrected chi connectivity index (χ0v) is 10.7. The summed E-state index contributed by atoms with van der Waals surface area (Å²) in [6, 6.07) is 0. The molecule has 1 amide bonds. The smallest absolute Gasteiger partial charge is 0.223 e. The van der Waals surface area contributed by atoms with Crippen molar-refractivity contribution in [1.82, 2.24) is 9.62 Å². The fraction of sp³-hybridized carbons (Fsp3) is 0.889. The summed E-state index contributed by atoms with van der Waals surface area (Å²) in [4.78, 5) is 13.3. The SMILES string of the molecule is O=C(CCNS(=O)(=O)CCCl)N1CCCC1. The molecule has 0 radical (unpaired) electrons. The average molecular weight is 269 g/mol. The number of rotatable bonds is 6. The van der Waals surface area contributed by atoms with Crippen molar-refractivity contribution in [2.45, 2.75) is 19.3 Å². The minimum atomic E-state index is -3.30. The first-order chi connectivity index (χ1) is 7.55. The lowest BCUT2D eigenvalue weighted by Crippen LogP contribution is -2.33. The maximum Gasteiger partial charge on any atom is 0.223 e. The number of halogens is 1. The van der Waals surface area contributed by atoms with Gasteiger partial charge in [0.25, 0.3) is 0 Å². The Morgan fingerprint density at radius 2 is 1.94 bits per heavy atom. The van der Waals surface area contributed by atoms with Gasteiger partial charge in [0.05, 0.1) is 5.75 Å². The molecule has 5 nitrogen and oxygen atoms in total. The van der Waals surface area contributed by atoms with Crippen LogP contribution in [0, 0.1) is 0 Å². The first kappa shape index (κ1) is 13.7. The second kappa shape index (κ2) is 6.42. The highest BCUT2D eigenvalue weighted by Crippen LogP contribution is 2.08. The number of carbonyl (C=O) groups excluding carboxylic acids is 1. The number of sulfonamides is 1. The Morgan fingerprint density at radius 3 is 2.50 bits per heavy atom. The van der Waals surface area contributed by atoms with Gasteiger partial charge in [0, 0.05) is 31.9 Å². The maximum absolute atomic E-state index is 11.6. The predicted molar refractivity (Wildman–Crippen MR) is 62.9 cm³/mol. The molecule has 0 bridgehead atoms. The molecule has 0 aromatic heterocycles. The third-order valence-corrected chi connectivity index (χ3v) is 4.26. The Morgan fingerprint density at radius 1 is 1.31 bits per heavy atom. The van der Waals surface area contributed by atoms with E-state index in [1.807, 2.05) is 0 Å². The summed E-state index contributed by atoms with van der Waals surface area (Å²) in [7, 11) is -3.30. The summed E-state index contributed by atoms with van der Waals surface area (Å²) in [6.45, 7) is 1.76. The molecule has 1 rings (SSSR count). The summed E-state index contributed by atoms with van der Waals surface area (Å²) >= 11 is 5.34. The van der Waals surface area contributed by atoms with Gasteiger partial charge in [-0.1, -0.05) is 0 Å². The number of amides is 1. The summed E-state index contributed by atoms with van der Waals surface area (Å²) in [5.41, 5.74) is 0.